The third kappa shape index (κ3) is 2.32. The maximum Gasteiger partial charge on any atom is 0.213 e. The summed E-state index contributed by atoms with van der Waals surface area (Å²) < 4.78 is 26.9. The lowest BCUT2D eigenvalue weighted by Crippen LogP contribution is -2.51. The van der Waals surface area contributed by atoms with E-state index in [0.29, 0.717) is 13.1 Å². The Bertz CT molecular complexity index is 954. The number of rotatable bonds is 4. The highest BCUT2D eigenvalue weighted by atomic mass is 32.2. The van der Waals surface area contributed by atoms with Crippen molar-refractivity contribution in [1.29, 1.82) is 0 Å². The first-order valence-electron chi connectivity index (χ1n) is 7.39. The predicted molar refractivity (Wildman–Crippen MR) is 85.2 cm³/mol. The SMILES string of the molecule is CCS(=O)(=O)N1CC(n2cc(-c3ncnc4[nH]ccc34)cn2)C1. The van der Waals surface area contributed by atoms with E-state index in [1.54, 1.807) is 13.1 Å². The number of aromatic amines is 1. The number of H-pyrrole nitrogens is 1. The molecule has 0 radical (unpaired) electrons. The van der Waals surface area contributed by atoms with Gasteiger partial charge in [-0.05, 0) is 13.0 Å². The van der Waals surface area contributed by atoms with Gasteiger partial charge in [-0.3, -0.25) is 4.68 Å². The van der Waals surface area contributed by atoms with E-state index in [2.05, 4.69) is 20.1 Å². The molecule has 9 heteroatoms. The van der Waals surface area contributed by atoms with Crippen LogP contribution >= 0.6 is 0 Å². The van der Waals surface area contributed by atoms with Crippen LogP contribution in [0.15, 0.2) is 31.0 Å². The molecule has 4 rings (SSSR count). The molecule has 1 aliphatic rings. The van der Waals surface area contributed by atoms with Gasteiger partial charge >= 0.3 is 0 Å². The Balaban J connectivity index is 1.58. The number of fused-ring (bicyclic) bond motifs is 1. The minimum atomic E-state index is -3.10. The number of nitrogens with one attached hydrogen (secondary N) is 1. The number of hydrogen-bond acceptors (Lipinski definition) is 5. The molecule has 0 amide bonds. The molecule has 120 valence electrons. The number of nitrogens with zero attached hydrogens (tertiary/aromatic N) is 5. The summed E-state index contributed by atoms with van der Waals surface area (Å²) in [6, 6.07) is 2.01. The zero-order valence-corrected chi connectivity index (χ0v) is 13.4. The van der Waals surface area contributed by atoms with Gasteiger partial charge in [-0.1, -0.05) is 0 Å². The van der Waals surface area contributed by atoms with Crippen LogP contribution in [-0.4, -0.2) is 56.3 Å². The summed E-state index contributed by atoms with van der Waals surface area (Å²) in [5.74, 6) is 0.135. The molecule has 3 aromatic rings. The van der Waals surface area contributed by atoms with E-state index in [1.807, 2.05) is 23.1 Å². The van der Waals surface area contributed by atoms with E-state index in [9.17, 15) is 8.42 Å². The highest BCUT2D eigenvalue weighted by Gasteiger charge is 2.36. The van der Waals surface area contributed by atoms with E-state index in [4.69, 9.17) is 0 Å². The standard InChI is InChI=1S/C14H16N6O2S/c1-2-23(21,22)19-7-11(8-19)20-6-10(5-18-20)13-12-3-4-15-14(12)17-9-16-13/h3-6,9,11H,2,7-8H2,1H3,(H,15,16,17). The van der Waals surface area contributed by atoms with Crippen molar-refractivity contribution in [2.24, 2.45) is 0 Å². The van der Waals surface area contributed by atoms with E-state index < -0.39 is 10.0 Å². The Labute approximate surface area is 133 Å². The van der Waals surface area contributed by atoms with Gasteiger partial charge in [0.05, 0.1) is 23.7 Å². The second-order valence-corrected chi connectivity index (χ2v) is 7.80. The van der Waals surface area contributed by atoms with Crippen molar-refractivity contribution in [3.05, 3.63) is 31.0 Å². The molecule has 1 fully saturated rings. The van der Waals surface area contributed by atoms with Gasteiger partial charge < -0.3 is 4.98 Å². The Kier molecular flexibility index (Phi) is 3.20. The van der Waals surface area contributed by atoms with Crippen LogP contribution < -0.4 is 0 Å². The summed E-state index contributed by atoms with van der Waals surface area (Å²) in [5, 5.41) is 5.31. The minimum Gasteiger partial charge on any atom is -0.346 e. The molecule has 8 nitrogen and oxygen atoms in total. The molecule has 0 atom stereocenters. The van der Waals surface area contributed by atoms with Crippen molar-refractivity contribution < 1.29 is 8.42 Å². The molecular weight excluding hydrogens is 316 g/mol. The van der Waals surface area contributed by atoms with Crippen LogP contribution in [0.3, 0.4) is 0 Å². The summed E-state index contributed by atoms with van der Waals surface area (Å²) >= 11 is 0. The minimum absolute atomic E-state index is 0.0774. The molecule has 1 aliphatic heterocycles. The highest BCUT2D eigenvalue weighted by Crippen LogP contribution is 2.28. The van der Waals surface area contributed by atoms with Crippen LogP contribution in [0.5, 0.6) is 0 Å². The zero-order valence-electron chi connectivity index (χ0n) is 12.5. The maximum absolute atomic E-state index is 11.8. The zero-order chi connectivity index (χ0) is 16.0. The average Bonchev–Trinajstić information content (AvgIpc) is 3.13. The molecule has 0 aromatic carbocycles. The molecule has 0 aliphatic carbocycles. The lowest BCUT2D eigenvalue weighted by Gasteiger charge is -2.37. The van der Waals surface area contributed by atoms with E-state index in [0.717, 1.165) is 22.3 Å². The first-order valence-corrected chi connectivity index (χ1v) is 9.00. The van der Waals surface area contributed by atoms with Crippen LogP contribution in [0.4, 0.5) is 0 Å². The largest absolute Gasteiger partial charge is 0.346 e. The maximum atomic E-state index is 11.8. The fourth-order valence-corrected chi connectivity index (χ4v) is 3.92. The fourth-order valence-electron chi connectivity index (χ4n) is 2.76. The van der Waals surface area contributed by atoms with Crippen molar-refractivity contribution in [3.8, 4) is 11.3 Å². The second kappa shape index (κ2) is 5.14. The number of hydrogen-bond donors (Lipinski definition) is 1. The summed E-state index contributed by atoms with van der Waals surface area (Å²) in [7, 11) is -3.10. The molecular formula is C14H16N6O2S. The number of aromatic nitrogens is 5. The van der Waals surface area contributed by atoms with Crippen molar-refractivity contribution in [2.45, 2.75) is 13.0 Å². The summed E-state index contributed by atoms with van der Waals surface area (Å²) in [6.07, 6.45) is 7.01. The molecule has 23 heavy (non-hydrogen) atoms. The van der Waals surface area contributed by atoms with Crippen molar-refractivity contribution in [3.63, 3.8) is 0 Å². The van der Waals surface area contributed by atoms with Gasteiger partial charge in [0.15, 0.2) is 0 Å². The van der Waals surface area contributed by atoms with E-state index in [1.165, 1.54) is 10.6 Å². The van der Waals surface area contributed by atoms with E-state index >= 15 is 0 Å². The summed E-state index contributed by atoms with van der Waals surface area (Å²) in [4.78, 5) is 11.6. The van der Waals surface area contributed by atoms with Crippen molar-refractivity contribution in [2.75, 3.05) is 18.8 Å². The van der Waals surface area contributed by atoms with Crippen LogP contribution in [0.2, 0.25) is 0 Å². The average molecular weight is 332 g/mol. The Hall–Kier alpha value is -2.26. The van der Waals surface area contributed by atoms with Crippen LogP contribution in [0.25, 0.3) is 22.3 Å². The monoisotopic (exact) mass is 332 g/mol. The molecule has 3 aromatic heterocycles. The lowest BCUT2D eigenvalue weighted by atomic mass is 10.1. The van der Waals surface area contributed by atoms with Crippen LogP contribution in [-0.2, 0) is 10.0 Å². The van der Waals surface area contributed by atoms with Gasteiger partial charge in [0.2, 0.25) is 10.0 Å². The molecule has 0 bridgehead atoms. The van der Waals surface area contributed by atoms with Gasteiger partial charge in [0, 0.05) is 36.4 Å². The molecule has 4 heterocycles. The normalized spacial score (nSPS) is 16.7. The van der Waals surface area contributed by atoms with Crippen LogP contribution in [0.1, 0.15) is 13.0 Å². The van der Waals surface area contributed by atoms with Gasteiger partial charge in [-0.15, -0.1) is 0 Å². The topological polar surface area (TPSA) is 96.8 Å². The molecule has 0 saturated carbocycles. The Morgan fingerprint density at radius 3 is 2.96 bits per heavy atom. The fraction of sp³-hybridized carbons (Fsp3) is 0.357. The summed E-state index contributed by atoms with van der Waals surface area (Å²) in [6.45, 7) is 2.60. The first-order chi connectivity index (χ1) is 11.1. The smallest absolute Gasteiger partial charge is 0.213 e. The molecule has 0 spiro atoms. The first kappa shape index (κ1) is 14.3. The molecule has 1 saturated heterocycles. The van der Waals surface area contributed by atoms with E-state index in [-0.39, 0.29) is 11.8 Å². The Morgan fingerprint density at radius 1 is 1.35 bits per heavy atom. The Morgan fingerprint density at radius 2 is 2.17 bits per heavy atom. The molecule has 1 N–H and O–H groups in total. The van der Waals surface area contributed by atoms with Crippen molar-refractivity contribution >= 4 is 21.1 Å². The second-order valence-electron chi connectivity index (χ2n) is 5.54. The van der Waals surface area contributed by atoms with Crippen molar-refractivity contribution in [1.82, 2.24) is 29.0 Å². The van der Waals surface area contributed by atoms with Crippen LogP contribution in [0, 0.1) is 0 Å². The van der Waals surface area contributed by atoms with Gasteiger partial charge in [0.1, 0.15) is 12.0 Å². The van der Waals surface area contributed by atoms with Gasteiger partial charge in [-0.25, -0.2) is 18.4 Å². The third-order valence-electron chi connectivity index (χ3n) is 4.19. The van der Waals surface area contributed by atoms with Gasteiger partial charge in [-0.2, -0.15) is 9.40 Å². The highest BCUT2D eigenvalue weighted by molar-refractivity contribution is 7.89. The number of sulfonamides is 1. The quantitative estimate of drug-likeness (QED) is 0.769. The summed E-state index contributed by atoms with van der Waals surface area (Å²) in [5.41, 5.74) is 2.50. The molecule has 0 unspecified atom stereocenters. The predicted octanol–water partition coefficient (Wildman–Crippen LogP) is 1.03. The lowest BCUT2D eigenvalue weighted by molar-refractivity contribution is 0.191. The third-order valence-corrected chi connectivity index (χ3v) is 6.00. The van der Waals surface area contributed by atoms with Gasteiger partial charge in [0.25, 0.3) is 0 Å².